The number of hydrogen-bond acceptors (Lipinski definition) is 4. The third-order valence-corrected chi connectivity index (χ3v) is 5.79. The highest BCUT2D eigenvalue weighted by Gasteiger charge is 2.37. The minimum Gasteiger partial charge on any atom is -0.366 e. The normalized spacial score (nSPS) is 23.7. The number of hydrogen-bond donors (Lipinski definition) is 2. The molecule has 3 amide bonds. The molecular weight excluding hydrogens is 344 g/mol. The SMILES string of the molecule is C[C@@H]1CCC(C2CCCCC2)N(C(=O)C(=O)Nc2cncc(C(N)=O)c2)C1. The summed E-state index contributed by atoms with van der Waals surface area (Å²) in [4.78, 5) is 42.4. The number of anilines is 1. The fraction of sp³-hybridized carbons (Fsp3) is 0.600. The number of nitrogens with one attached hydrogen (secondary N) is 1. The second kappa shape index (κ2) is 8.50. The first kappa shape index (κ1) is 19.3. The summed E-state index contributed by atoms with van der Waals surface area (Å²) in [5.41, 5.74) is 5.72. The van der Waals surface area contributed by atoms with Crippen molar-refractivity contribution in [1.29, 1.82) is 0 Å². The van der Waals surface area contributed by atoms with Crippen LogP contribution < -0.4 is 11.1 Å². The predicted octanol–water partition coefficient (Wildman–Crippen LogP) is 2.33. The van der Waals surface area contributed by atoms with E-state index in [0.29, 0.717) is 24.1 Å². The van der Waals surface area contributed by atoms with Crippen molar-refractivity contribution in [3.8, 4) is 0 Å². The van der Waals surface area contributed by atoms with Gasteiger partial charge in [0.1, 0.15) is 0 Å². The number of nitrogens with zero attached hydrogens (tertiary/aromatic N) is 2. The third kappa shape index (κ3) is 4.64. The molecule has 1 aliphatic heterocycles. The molecule has 2 heterocycles. The highest BCUT2D eigenvalue weighted by molar-refractivity contribution is 6.39. The largest absolute Gasteiger partial charge is 0.366 e. The van der Waals surface area contributed by atoms with Crippen molar-refractivity contribution in [1.82, 2.24) is 9.88 Å². The van der Waals surface area contributed by atoms with E-state index in [-0.39, 0.29) is 11.6 Å². The monoisotopic (exact) mass is 372 g/mol. The van der Waals surface area contributed by atoms with Gasteiger partial charge in [-0.15, -0.1) is 0 Å². The second-order valence-corrected chi connectivity index (χ2v) is 7.89. The van der Waals surface area contributed by atoms with E-state index in [1.165, 1.54) is 37.7 Å². The number of likely N-dealkylation sites (tertiary alicyclic amines) is 1. The molecule has 146 valence electrons. The topological polar surface area (TPSA) is 105 Å². The summed E-state index contributed by atoms with van der Waals surface area (Å²) in [7, 11) is 0. The van der Waals surface area contributed by atoms with Crippen molar-refractivity contribution in [3.05, 3.63) is 24.0 Å². The van der Waals surface area contributed by atoms with Gasteiger partial charge in [0, 0.05) is 18.8 Å². The van der Waals surface area contributed by atoms with Crippen molar-refractivity contribution >= 4 is 23.4 Å². The molecule has 3 N–H and O–H groups in total. The average Bonchev–Trinajstić information content (AvgIpc) is 2.68. The van der Waals surface area contributed by atoms with Crippen LogP contribution in [0.2, 0.25) is 0 Å². The highest BCUT2D eigenvalue weighted by Crippen LogP contribution is 2.35. The molecule has 0 bridgehead atoms. The van der Waals surface area contributed by atoms with E-state index in [9.17, 15) is 14.4 Å². The maximum absolute atomic E-state index is 12.9. The lowest BCUT2D eigenvalue weighted by Crippen LogP contribution is -2.53. The molecule has 2 atom stereocenters. The van der Waals surface area contributed by atoms with Crippen LogP contribution in [-0.2, 0) is 9.59 Å². The summed E-state index contributed by atoms with van der Waals surface area (Å²) in [5.74, 6) is -0.939. The van der Waals surface area contributed by atoms with Gasteiger partial charge >= 0.3 is 11.8 Å². The van der Waals surface area contributed by atoms with Crippen LogP contribution in [0.5, 0.6) is 0 Å². The fourth-order valence-corrected chi connectivity index (χ4v) is 4.37. The number of amides is 3. The number of aromatic nitrogens is 1. The molecule has 2 aliphatic rings. The van der Waals surface area contributed by atoms with Crippen LogP contribution in [0.1, 0.15) is 62.2 Å². The Bertz CT molecular complexity index is 715. The molecule has 0 radical (unpaired) electrons. The van der Waals surface area contributed by atoms with Crippen LogP contribution in [0.3, 0.4) is 0 Å². The van der Waals surface area contributed by atoms with Crippen LogP contribution in [0, 0.1) is 11.8 Å². The second-order valence-electron chi connectivity index (χ2n) is 7.89. The predicted molar refractivity (Wildman–Crippen MR) is 102 cm³/mol. The van der Waals surface area contributed by atoms with Crippen LogP contribution in [0.25, 0.3) is 0 Å². The molecule has 1 saturated heterocycles. The lowest BCUT2D eigenvalue weighted by atomic mass is 9.78. The number of pyridine rings is 1. The smallest absolute Gasteiger partial charge is 0.313 e. The summed E-state index contributed by atoms with van der Waals surface area (Å²) in [6, 6.07) is 1.58. The molecule has 1 aromatic rings. The quantitative estimate of drug-likeness (QED) is 0.794. The summed E-state index contributed by atoms with van der Waals surface area (Å²) in [6.07, 6.45) is 10.7. The third-order valence-electron chi connectivity index (χ3n) is 5.79. The van der Waals surface area contributed by atoms with E-state index in [2.05, 4.69) is 17.2 Å². The molecule has 1 unspecified atom stereocenters. The molecule has 2 fully saturated rings. The van der Waals surface area contributed by atoms with Gasteiger partial charge in [-0.1, -0.05) is 26.2 Å². The van der Waals surface area contributed by atoms with Crippen LogP contribution >= 0.6 is 0 Å². The number of carbonyl (C=O) groups excluding carboxylic acids is 3. The summed E-state index contributed by atoms with van der Waals surface area (Å²) in [6.45, 7) is 2.74. The van der Waals surface area contributed by atoms with Crippen LogP contribution in [0.4, 0.5) is 5.69 Å². The number of piperidine rings is 1. The van der Waals surface area contributed by atoms with Gasteiger partial charge in [-0.3, -0.25) is 19.4 Å². The minimum absolute atomic E-state index is 0.148. The molecule has 7 nitrogen and oxygen atoms in total. The maximum Gasteiger partial charge on any atom is 0.313 e. The zero-order valence-electron chi connectivity index (χ0n) is 15.8. The van der Waals surface area contributed by atoms with Gasteiger partial charge in [-0.05, 0) is 43.6 Å². The van der Waals surface area contributed by atoms with Crippen molar-refractivity contribution in [3.63, 3.8) is 0 Å². The van der Waals surface area contributed by atoms with Crippen molar-refractivity contribution in [2.75, 3.05) is 11.9 Å². The molecule has 0 aromatic carbocycles. The van der Waals surface area contributed by atoms with Gasteiger partial charge in [0.2, 0.25) is 5.91 Å². The number of primary amides is 1. The molecule has 1 aromatic heterocycles. The van der Waals surface area contributed by atoms with E-state index in [1.807, 2.05) is 0 Å². The molecule has 7 heteroatoms. The average molecular weight is 372 g/mol. The number of rotatable bonds is 3. The van der Waals surface area contributed by atoms with Crippen LogP contribution in [-0.4, -0.2) is 40.2 Å². The van der Waals surface area contributed by atoms with Crippen molar-refractivity contribution < 1.29 is 14.4 Å². The van der Waals surface area contributed by atoms with E-state index in [1.54, 1.807) is 4.90 Å². The molecular formula is C20H28N4O3. The summed E-state index contributed by atoms with van der Waals surface area (Å²) < 4.78 is 0. The number of carbonyl (C=O) groups is 3. The van der Waals surface area contributed by atoms with Gasteiger partial charge < -0.3 is 16.0 Å². The van der Waals surface area contributed by atoms with Gasteiger partial charge in [0.25, 0.3) is 0 Å². The Hall–Kier alpha value is -2.44. The van der Waals surface area contributed by atoms with E-state index >= 15 is 0 Å². The Morgan fingerprint density at radius 3 is 2.56 bits per heavy atom. The number of nitrogens with two attached hydrogens (primary N) is 1. The Morgan fingerprint density at radius 1 is 1.11 bits per heavy atom. The van der Waals surface area contributed by atoms with Gasteiger partial charge in [-0.25, -0.2) is 0 Å². The molecule has 0 spiro atoms. The highest BCUT2D eigenvalue weighted by atomic mass is 16.2. The Morgan fingerprint density at radius 2 is 1.85 bits per heavy atom. The zero-order valence-corrected chi connectivity index (χ0v) is 15.8. The van der Waals surface area contributed by atoms with E-state index in [4.69, 9.17) is 5.73 Å². The Kier molecular flexibility index (Phi) is 6.08. The van der Waals surface area contributed by atoms with E-state index < -0.39 is 17.7 Å². The molecule has 27 heavy (non-hydrogen) atoms. The lowest BCUT2D eigenvalue weighted by Gasteiger charge is -2.43. The molecule has 1 saturated carbocycles. The fourth-order valence-electron chi connectivity index (χ4n) is 4.37. The van der Waals surface area contributed by atoms with Crippen molar-refractivity contribution in [2.24, 2.45) is 17.6 Å². The van der Waals surface area contributed by atoms with Crippen molar-refractivity contribution in [2.45, 2.75) is 57.9 Å². The van der Waals surface area contributed by atoms with Crippen LogP contribution in [0.15, 0.2) is 18.5 Å². The Balaban J connectivity index is 1.71. The standard InChI is InChI=1S/C20H28N4O3/c1-13-7-8-17(14-5-3-2-4-6-14)24(12-13)20(27)19(26)23-16-9-15(18(21)25)10-22-11-16/h9-11,13-14,17H,2-8,12H2,1H3,(H2,21,25)(H,23,26)/t13-,17?/m1/s1. The first-order valence-electron chi connectivity index (χ1n) is 9.82. The Labute approximate surface area is 159 Å². The lowest BCUT2D eigenvalue weighted by molar-refractivity contribution is -0.147. The van der Waals surface area contributed by atoms with Gasteiger partial charge in [0.05, 0.1) is 17.4 Å². The molecule has 3 rings (SSSR count). The summed E-state index contributed by atoms with van der Waals surface area (Å²) >= 11 is 0. The van der Waals surface area contributed by atoms with E-state index in [0.717, 1.165) is 25.7 Å². The van der Waals surface area contributed by atoms with Gasteiger partial charge in [-0.2, -0.15) is 0 Å². The summed E-state index contributed by atoms with van der Waals surface area (Å²) in [5, 5.41) is 2.57. The minimum atomic E-state index is -0.687. The maximum atomic E-state index is 12.9. The first-order chi connectivity index (χ1) is 13.0. The van der Waals surface area contributed by atoms with Gasteiger partial charge in [0.15, 0.2) is 0 Å². The zero-order chi connectivity index (χ0) is 19.4. The molecule has 1 aliphatic carbocycles. The first-order valence-corrected chi connectivity index (χ1v) is 9.82.